The van der Waals surface area contributed by atoms with E-state index in [1.807, 2.05) is 42.6 Å². The van der Waals surface area contributed by atoms with E-state index in [4.69, 9.17) is 0 Å². The molecule has 0 radical (unpaired) electrons. The largest absolute Gasteiger partial charge is 0.348 e. The van der Waals surface area contributed by atoms with Crippen molar-refractivity contribution in [3.05, 3.63) is 62.2 Å². The highest BCUT2D eigenvalue weighted by molar-refractivity contribution is 7.13. The Balaban J connectivity index is 1.47. The first-order chi connectivity index (χ1) is 14.4. The van der Waals surface area contributed by atoms with Gasteiger partial charge in [0, 0.05) is 23.4 Å². The molecule has 158 valence electrons. The Kier molecular flexibility index (Phi) is 7.70. The molecule has 1 aromatic carbocycles. The zero-order chi connectivity index (χ0) is 21.5. The first kappa shape index (κ1) is 22.1. The molecule has 0 saturated carbocycles. The van der Waals surface area contributed by atoms with E-state index in [0.717, 1.165) is 16.3 Å². The van der Waals surface area contributed by atoms with Crippen LogP contribution in [0.4, 0.5) is 5.69 Å². The Bertz CT molecular complexity index is 983. The van der Waals surface area contributed by atoms with E-state index in [9.17, 15) is 9.59 Å². The molecule has 1 unspecified atom stereocenters. The minimum absolute atomic E-state index is 0.0316. The fraction of sp³-hybridized carbons (Fsp3) is 0.364. The number of para-hydroxylation sites is 1. The summed E-state index contributed by atoms with van der Waals surface area (Å²) in [6.45, 7) is 6.15. The molecule has 3 aromatic rings. The van der Waals surface area contributed by atoms with Crippen LogP contribution in [0.1, 0.15) is 58.0 Å². The Labute approximate surface area is 184 Å². The molecule has 0 aliphatic heterocycles. The summed E-state index contributed by atoms with van der Waals surface area (Å²) in [5.41, 5.74) is 1.75. The zero-order valence-corrected chi connectivity index (χ0v) is 19.0. The molecular formula is C22H26N4O2S2. The minimum atomic E-state index is -0.262. The van der Waals surface area contributed by atoms with Crippen LogP contribution < -0.4 is 10.6 Å². The molecule has 8 heteroatoms. The Morgan fingerprint density at radius 1 is 1.10 bits per heavy atom. The van der Waals surface area contributed by atoms with Crippen molar-refractivity contribution in [1.29, 1.82) is 0 Å². The fourth-order valence-electron chi connectivity index (χ4n) is 3.02. The Morgan fingerprint density at radius 3 is 2.60 bits per heavy atom. The van der Waals surface area contributed by atoms with E-state index in [0.29, 0.717) is 30.2 Å². The van der Waals surface area contributed by atoms with Crippen LogP contribution in [0.25, 0.3) is 0 Å². The van der Waals surface area contributed by atoms with Crippen LogP contribution in [0.5, 0.6) is 0 Å². The number of benzene rings is 1. The second kappa shape index (κ2) is 10.4. The monoisotopic (exact) mass is 442 g/mol. The summed E-state index contributed by atoms with van der Waals surface area (Å²) < 4.78 is 0. The summed E-state index contributed by atoms with van der Waals surface area (Å²) >= 11 is 2.93. The third kappa shape index (κ3) is 5.96. The molecule has 2 aromatic heterocycles. The lowest BCUT2D eigenvalue weighted by molar-refractivity contribution is -0.122. The third-order valence-electron chi connectivity index (χ3n) is 4.68. The number of thiophene rings is 1. The second-order valence-corrected chi connectivity index (χ2v) is 9.47. The number of hydrogen-bond donors (Lipinski definition) is 2. The third-order valence-corrected chi connectivity index (χ3v) is 6.62. The number of carbonyl (C=O) groups is 2. The predicted molar refractivity (Wildman–Crippen MR) is 122 cm³/mol. The van der Waals surface area contributed by atoms with Crippen LogP contribution in [0.2, 0.25) is 0 Å². The van der Waals surface area contributed by atoms with Crippen LogP contribution in [-0.2, 0) is 11.2 Å². The normalized spacial score (nSPS) is 12.0. The molecule has 0 bridgehead atoms. The van der Waals surface area contributed by atoms with Gasteiger partial charge in [0.25, 0.3) is 5.91 Å². The van der Waals surface area contributed by atoms with Crippen molar-refractivity contribution in [1.82, 2.24) is 15.5 Å². The molecule has 2 amide bonds. The van der Waals surface area contributed by atoms with Gasteiger partial charge in [0.2, 0.25) is 10.9 Å². The topological polar surface area (TPSA) is 84.0 Å². The average molecular weight is 443 g/mol. The number of aromatic nitrogens is 2. The van der Waals surface area contributed by atoms with E-state index in [-0.39, 0.29) is 17.9 Å². The van der Waals surface area contributed by atoms with Gasteiger partial charge in [-0.2, -0.15) is 0 Å². The predicted octanol–water partition coefficient (Wildman–Crippen LogP) is 5.00. The van der Waals surface area contributed by atoms with E-state index < -0.39 is 0 Å². The van der Waals surface area contributed by atoms with E-state index >= 15 is 0 Å². The maximum atomic E-state index is 12.4. The number of amides is 2. The SMILES string of the molecule is Cc1ccccc1NC(=O)c1nnc(CCCC(=O)NC(c2cccs2)C(C)C)s1. The van der Waals surface area contributed by atoms with Crippen LogP contribution >= 0.6 is 22.7 Å². The number of aryl methyl sites for hydroxylation is 2. The second-order valence-electron chi connectivity index (χ2n) is 7.43. The smallest absolute Gasteiger partial charge is 0.286 e. The standard InChI is InChI=1S/C22H26N4O2S2/c1-14(2)20(17-10-7-13-29-17)24-18(27)11-6-12-19-25-26-22(30-19)21(28)23-16-9-5-4-8-15(16)3/h4-5,7-10,13-14,20H,6,11-12H2,1-3H3,(H,23,28)(H,24,27). The summed E-state index contributed by atoms with van der Waals surface area (Å²) in [5.74, 6) is 0.0933. The molecule has 6 nitrogen and oxygen atoms in total. The van der Waals surface area contributed by atoms with Gasteiger partial charge in [-0.25, -0.2) is 0 Å². The number of carbonyl (C=O) groups excluding carboxylic acids is 2. The van der Waals surface area contributed by atoms with E-state index in [2.05, 4.69) is 40.7 Å². The van der Waals surface area contributed by atoms with Gasteiger partial charge in [-0.15, -0.1) is 21.5 Å². The molecule has 0 aliphatic rings. The number of hydrogen-bond acceptors (Lipinski definition) is 6. The molecule has 0 saturated heterocycles. The molecule has 0 aliphatic carbocycles. The highest BCUT2D eigenvalue weighted by Gasteiger charge is 2.19. The van der Waals surface area contributed by atoms with Crippen molar-refractivity contribution in [3.8, 4) is 0 Å². The van der Waals surface area contributed by atoms with Crippen LogP contribution in [0.15, 0.2) is 41.8 Å². The summed E-state index contributed by atoms with van der Waals surface area (Å²) in [5, 5.41) is 17.2. The van der Waals surface area contributed by atoms with Crippen molar-refractivity contribution in [3.63, 3.8) is 0 Å². The van der Waals surface area contributed by atoms with Gasteiger partial charge >= 0.3 is 0 Å². The van der Waals surface area contributed by atoms with Gasteiger partial charge in [0.15, 0.2) is 0 Å². The summed E-state index contributed by atoms with van der Waals surface area (Å²) in [7, 11) is 0. The quantitative estimate of drug-likeness (QED) is 0.489. The maximum absolute atomic E-state index is 12.4. The van der Waals surface area contributed by atoms with Gasteiger partial charge in [0.1, 0.15) is 5.01 Å². The van der Waals surface area contributed by atoms with Crippen molar-refractivity contribution in [2.75, 3.05) is 5.32 Å². The van der Waals surface area contributed by atoms with Crippen molar-refractivity contribution >= 4 is 40.2 Å². The van der Waals surface area contributed by atoms with Gasteiger partial charge in [-0.05, 0) is 42.3 Å². The summed E-state index contributed by atoms with van der Waals surface area (Å²) in [6, 6.07) is 11.7. The number of anilines is 1. The fourth-order valence-corrected chi connectivity index (χ4v) is 4.74. The summed E-state index contributed by atoms with van der Waals surface area (Å²) in [6.07, 6.45) is 1.70. The first-order valence-corrected chi connectivity index (χ1v) is 11.7. The van der Waals surface area contributed by atoms with Crippen molar-refractivity contribution < 1.29 is 9.59 Å². The highest BCUT2D eigenvalue weighted by atomic mass is 32.1. The highest BCUT2D eigenvalue weighted by Crippen LogP contribution is 2.26. The Hall–Kier alpha value is -2.58. The number of nitrogens with zero attached hydrogens (tertiary/aromatic N) is 2. The molecule has 30 heavy (non-hydrogen) atoms. The number of rotatable bonds is 9. The van der Waals surface area contributed by atoms with Crippen LogP contribution in [-0.4, -0.2) is 22.0 Å². The number of nitrogens with one attached hydrogen (secondary N) is 2. The minimum Gasteiger partial charge on any atom is -0.348 e. The molecular weight excluding hydrogens is 416 g/mol. The molecule has 2 N–H and O–H groups in total. The molecule has 1 atom stereocenters. The molecule has 3 rings (SSSR count). The first-order valence-electron chi connectivity index (χ1n) is 9.96. The lowest BCUT2D eigenvalue weighted by Gasteiger charge is -2.21. The Morgan fingerprint density at radius 2 is 1.90 bits per heavy atom. The van der Waals surface area contributed by atoms with E-state index in [1.54, 1.807) is 11.3 Å². The van der Waals surface area contributed by atoms with Crippen LogP contribution in [0, 0.1) is 12.8 Å². The maximum Gasteiger partial charge on any atom is 0.286 e. The van der Waals surface area contributed by atoms with Gasteiger partial charge in [0.05, 0.1) is 6.04 Å². The van der Waals surface area contributed by atoms with E-state index in [1.165, 1.54) is 16.2 Å². The summed E-state index contributed by atoms with van der Waals surface area (Å²) in [4.78, 5) is 26.0. The lowest BCUT2D eigenvalue weighted by atomic mass is 10.0. The van der Waals surface area contributed by atoms with Gasteiger partial charge in [-0.3, -0.25) is 9.59 Å². The molecule has 0 fully saturated rings. The average Bonchev–Trinajstić information content (AvgIpc) is 3.40. The lowest BCUT2D eigenvalue weighted by Crippen LogP contribution is -2.31. The van der Waals surface area contributed by atoms with Gasteiger partial charge < -0.3 is 10.6 Å². The van der Waals surface area contributed by atoms with Crippen molar-refractivity contribution in [2.45, 2.75) is 46.1 Å². The molecule has 0 spiro atoms. The van der Waals surface area contributed by atoms with Crippen molar-refractivity contribution in [2.24, 2.45) is 5.92 Å². The van der Waals surface area contributed by atoms with Crippen LogP contribution in [0.3, 0.4) is 0 Å². The van der Waals surface area contributed by atoms with Gasteiger partial charge in [-0.1, -0.05) is 49.4 Å². The zero-order valence-electron chi connectivity index (χ0n) is 17.3. The molecule has 2 heterocycles.